The summed E-state index contributed by atoms with van der Waals surface area (Å²) in [7, 11) is 0. The minimum absolute atomic E-state index is 0.120. The molecule has 0 radical (unpaired) electrons. The first-order valence-electron chi connectivity index (χ1n) is 8.92. The molecule has 1 atom stereocenters. The average molecular weight is 398 g/mol. The largest absolute Gasteiger partial charge is 0.457 e. The molecule has 1 unspecified atom stereocenters. The molecule has 3 aromatic rings. The Morgan fingerprint density at radius 1 is 1.07 bits per heavy atom. The number of ether oxygens (including phenoxy) is 1. The van der Waals surface area contributed by atoms with Crippen LogP contribution in [0.1, 0.15) is 27.7 Å². The van der Waals surface area contributed by atoms with Gasteiger partial charge in [0.25, 0.3) is 0 Å². The second-order valence-electron chi connectivity index (χ2n) is 7.23. The van der Waals surface area contributed by atoms with E-state index in [0.29, 0.717) is 16.6 Å². The predicted octanol–water partition coefficient (Wildman–Crippen LogP) is 4.34. The Morgan fingerprint density at radius 2 is 1.71 bits per heavy atom. The molecule has 1 N–H and O–H groups in total. The van der Waals surface area contributed by atoms with Gasteiger partial charge >= 0.3 is 0 Å². The Hall–Kier alpha value is -2.87. The molecule has 0 spiro atoms. The van der Waals surface area contributed by atoms with Gasteiger partial charge in [0, 0.05) is 5.69 Å². The standard InChI is InChI=1S/C20H23N5O2S/c1-14(28-19-22-23-24-25(19)20(2,3)4)18(26)21-15-10-12-17(13-11-15)27-16-8-6-5-7-9-16/h5-14H,1-4H3,(H,21,26). The maximum Gasteiger partial charge on any atom is 0.237 e. The molecule has 0 fully saturated rings. The van der Waals surface area contributed by atoms with Gasteiger partial charge in [-0.05, 0) is 74.5 Å². The molecule has 0 aliphatic rings. The van der Waals surface area contributed by atoms with Crippen molar-refractivity contribution in [3.8, 4) is 11.5 Å². The average Bonchev–Trinajstić information content (AvgIpc) is 3.13. The number of hydrogen-bond donors (Lipinski definition) is 1. The molecule has 28 heavy (non-hydrogen) atoms. The molecular weight excluding hydrogens is 374 g/mol. The maximum atomic E-state index is 12.5. The predicted molar refractivity (Wildman–Crippen MR) is 110 cm³/mol. The molecule has 146 valence electrons. The summed E-state index contributed by atoms with van der Waals surface area (Å²) in [5.74, 6) is 1.35. The van der Waals surface area contributed by atoms with Crippen molar-refractivity contribution in [1.82, 2.24) is 20.2 Å². The van der Waals surface area contributed by atoms with Crippen LogP contribution in [0.25, 0.3) is 0 Å². The molecule has 2 aromatic carbocycles. The van der Waals surface area contributed by atoms with Crippen molar-refractivity contribution in [3.63, 3.8) is 0 Å². The van der Waals surface area contributed by atoms with Crippen LogP contribution in [0.5, 0.6) is 11.5 Å². The van der Waals surface area contributed by atoms with Crippen molar-refractivity contribution in [2.75, 3.05) is 5.32 Å². The Bertz CT molecular complexity index is 920. The van der Waals surface area contributed by atoms with Crippen LogP contribution in [0.4, 0.5) is 5.69 Å². The number of carbonyl (C=O) groups excluding carboxylic acids is 1. The van der Waals surface area contributed by atoms with E-state index < -0.39 is 0 Å². The van der Waals surface area contributed by atoms with Gasteiger partial charge in [-0.25, -0.2) is 4.68 Å². The number of nitrogens with zero attached hydrogens (tertiary/aromatic N) is 4. The Balaban J connectivity index is 1.59. The van der Waals surface area contributed by atoms with Crippen LogP contribution < -0.4 is 10.1 Å². The van der Waals surface area contributed by atoms with Gasteiger partial charge in [0.15, 0.2) is 0 Å². The van der Waals surface area contributed by atoms with E-state index in [4.69, 9.17) is 4.74 Å². The van der Waals surface area contributed by atoms with Crippen LogP contribution in [-0.2, 0) is 10.3 Å². The number of para-hydroxylation sites is 1. The van der Waals surface area contributed by atoms with Gasteiger partial charge in [-0.2, -0.15) is 0 Å². The molecule has 0 aliphatic carbocycles. The molecule has 7 nitrogen and oxygen atoms in total. The topological polar surface area (TPSA) is 81.9 Å². The van der Waals surface area contributed by atoms with Gasteiger partial charge < -0.3 is 10.1 Å². The number of nitrogens with one attached hydrogen (secondary N) is 1. The summed E-state index contributed by atoms with van der Waals surface area (Å²) in [6, 6.07) is 16.8. The lowest BCUT2D eigenvalue weighted by atomic mass is 10.1. The fourth-order valence-electron chi connectivity index (χ4n) is 2.36. The monoisotopic (exact) mass is 397 g/mol. The maximum absolute atomic E-state index is 12.5. The van der Waals surface area contributed by atoms with Crippen LogP contribution in [0.3, 0.4) is 0 Å². The number of amides is 1. The van der Waals surface area contributed by atoms with E-state index in [2.05, 4.69) is 20.8 Å². The lowest BCUT2D eigenvalue weighted by Crippen LogP contribution is -2.27. The zero-order valence-corrected chi connectivity index (χ0v) is 17.1. The van der Waals surface area contributed by atoms with Gasteiger partial charge in [0.2, 0.25) is 11.1 Å². The number of anilines is 1. The van der Waals surface area contributed by atoms with Crippen LogP contribution >= 0.6 is 11.8 Å². The number of rotatable bonds is 6. The van der Waals surface area contributed by atoms with Crippen LogP contribution in [0.2, 0.25) is 0 Å². The Morgan fingerprint density at radius 3 is 2.36 bits per heavy atom. The van der Waals surface area contributed by atoms with Crippen LogP contribution in [0.15, 0.2) is 59.8 Å². The molecule has 1 heterocycles. The normalized spacial score (nSPS) is 12.4. The van der Waals surface area contributed by atoms with Crippen molar-refractivity contribution in [2.24, 2.45) is 0 Å². The zero-order valence-electron chi connectivity index (χ0n) is 16.3. The summed E-state index contributed by atoms with van der Waals surface area (Å²) in [6.07, 6.45) is 0. The summed E-state index contributed by atoms with van der Waals surface area (Å²) >= 11 is 1.33. The first-order chi connectivity index (χ1) is 13.3. The summed E-state index contributed by atoms with van der Waals surface area (Å²) in [5.41, 5.74) is 0.449. The van der Waals surface area contributed by atoms with E-state index in [1.807, 2.05) is 82.3 Å². The molecule has 3 rings (SSSR count). The highest BCUT2D eigenvalue weighted by atomic mass is 32.2. The van der Waals surface area contributed by atoms with Crippen LogP contribution in [-0.4, -0.2) is 31.4 Å². The molecule has 0 saturated carbocycles. The van der Waals surface area contributed by atoms with Crippen molar-refractivity contribution < 1.29 is 9.53 Å². The van der Waals surface area contributed by atoms with Crippen LogP contribution in [0, 0.1) is 0 Å². The van der Waals surface area contributed by atoms with E-state index in [1.54, 1.807) is 4.68 Å². The van der Waals surface area contributed by atoms with Crippen molar-refractivity contribution in [3.05, 3.63) is 54.6 Å². The highest BCUT2D eigenvalue weighted by Gasteiger charge is 2.24. The fourth-order valence-corrected chi connectivity index (χ4v) is 3.34. The van der Waals surface area contributed by atoms with Gasteiger partial charge in [0.1, 0.15) is 11.5 Å². The summed E-state index contributed by atoms with van der Waals surface area (Å²) < 4.78 is 7.48. The molecular formula is C20H23N5O2S. The number of tetrazole rings is 1. The highest BCUT2D eigenvalue weighted by molar-refractivity contribution is 8.00. The summed E-state index contributed by atoms with van der Waals surface area (Å²) in [5, 5.41) is 14.9. The minimum Gasteiger partial charge on any atom is -0.457 e. The van der Waals surface area contributed by atoms with Gasteiger partial charge in [-0.3, -0.25) is 4.79 Å². The third-order valence-corrected chi connectivity index (χ3v) is 4.86. The minimum atomic E-state index is -0.354. The molecule has 0 aliphatic heterocycles. The number of thioether (sulfide) groups is 1. The number of benzene rings is 2. The summed E-state index contributed by atoms with van der Waals surface area (Å²) in [4.78, 5) is 12.5. The van der Waals surface area contributed by atoms with E-state index in [9.17, 15) is 4.79 Å². The first kappa shape index (κ1) is 19.9. The first-order valence-corrected chi connectivity index (χ1v) is 9.80. The second-order valence-corrected chi connectivity index (χ2v) is 8.54. The van der Waals surface area contributed by atoms with Gasteiger partial charge in [-0.15, -0.1) is 5.10 Å². The van der Waals surface area contributed by atoms with E-state index in [0.717, 1.165) is 5.75 Å². The number of aromatic nitrogens is 4. The smallest absolute Gasteiger partial charge is 0.237 e. The summed E-state index contributed by atoms with van der Waals surface area (Å²) in [6.45, 7) is 7.86. The van der Waals surface area contributed by atoms with Gasteiger partial charge in [0.05, 0.1) is 10.8 Å². The molecule has 0 saturated heterocycles. The van der Waals surface area contributed by atoms with E-state index >= 15 is 0 Å². The highest BCUT2D eigenvalue weighted by Crippen LogP contribution is 2.26. The zero-order chi connectivity index (χ0) is 20.1. The molecule has 0 bridgehead atoms. The Kier molecular flexibility index (Phi) is 5.99. The second kappa shape index (κ2) is 8.43. The lowest BCUT2D eigenvalue weighted by Gasteiger charge is -2.20. The van der Waals surface area contributed by atoms with Crippen molar-refractivity contribution in [2.45, 2.75) is 43.6 Å². The quantitative estimate of drug-likeness (QED) is 0.623. The fraction of sp³-hybridized carbons (Fsp3) is 0.300. The third kappa shape index (κ3) is 5.10. The van der Waals surface area contributed by atoms with E-state index in [1.165, 1.54) is 11.8 Å². The van der Waals surface area contributed by atoms with Crippen molar-refractivity contribution >= 4 is 23.4 Å². The molecule has 8 heteroatoms. The lowest BCUT2D eigenvalue weighted by molar-refractivity contribution is -0.115. The number of hydrogen-bond acceptors (Lipinski definition) is 6. The molecule has 1 amide bonds. The van der Waals surface area contributed by atoms with E-state index in [-0.39, 0.29) is 16.7 Å². The van der Waals surface area contributed by atoms with Crippen molar-refractivity contribution in [1.29, 1.82) is 0 Å². The third-order valence-electron chi connectivity index (χ3n) is 3.83. The SMILES string of the molecule is CC(Sc1nnnn1C(C)(C)C)C(=O)Nc1ccc(Oc2ccccc2)cc1. The molecule has 1 aromatic heterocycles. The number of carbonyl (C=O) groups is 1. The Labute approximate surface area is 168 Å². The van der Waals surface area contributed by atoms with Gasteiger partial charge in [-0.1, -0.05) is 30.0 Å².